The Kier molecular flexibility index (Phi) is 57.8. The van der Waals surface area contributed by atoms with E-state index in [9.17, 15) is 45.6 Å². The fourth-order valence-corrected chi connectivity index (χ4v) is 11.7. The number of ether oxygens (including phenoxy) is 4. The van der Waals surface area contributed by atoms with Gasteiger partial charge in [-0.2, -0.15) is 0 Å². The third-order valence-corrected chi connectivity index (χ3v) is 17.6. The van der Waals surface area contributed by atoms with Gasteiger partial charge < -0.3 is 65.1 Å². The molecule has 1 amide bonds. The number of hydrogen-bond acceptors (Lipinski definition) is 13. The number of aliphatic hydroxyl groups excluding tert-OH is 8. The number of aliphatic hydroxyl groups is 8. The summed E-state index contributed by atoms with van der Waals surface area (Å²) in [7, 11) is 0. The maximum absolute atomic E-state index is 13.4. The van der Waals surface area contributed by atoms with Crippen LogP contribution in [0, 0.1) is 0 Å². The maximum Gasteiger partial charge on any atom is 0.220 e. The largest absolute Gasteiger partial charge is 0.394 e. The van der Waals surface area contributed by atoms with Crippen LogP contribution < -0.4 is 5.32 Å². The van der Waals surface area contributed by atoms with Crippen molar-refractivity contribution >= 4 is 5.91 Å². The number of rotatable bonds is 61. The smallest absolute Gasteiger partial charge is 0.220 e. The molecule has 94 heavy (non-hydrogen) atoms. The lowest BCUT2D eigenvalue weighted by atomic mass is 9.97. The molecule has 0 spiro atoms. The number of allylic oxidation sites excluding steroid dienone is 19. The van der Waals surface area contributed by atoms with Crippen LogP contribution in [0.3, 0.4) is 0 Å². The van der Waals surface area contributed by atoms with E-state index in [1.807, 2.05) is 6.08 Å². The quantitative estimate of drug-likeness (QED) is 0.0204. The molecule has 0 radical (unpaired) electrons. The van der Waals surface area contributed by atoms with Gasteiger partial charge in [-0.05, 0) is 103 Å². The summed E-state index contributed by atoms with van der Waals surface area (Å²) in [4.78, 5) is 13.4. The molecule has 2 aliphatic heterocycles. The Morgan fingerprint density at radius 3 is 1.17 bits per heavy atom. The fourth-order valence-electron chi connectivity index (χ4n) is 11.7. The Labute approximate surface area is 571 Å². The molecule has 14 heteroatoms. The van der Waals surface area contributed by atoms with E-state index in [4.69, 9.17) is 18.9 Å². The van der Waals surface area contributed by atoms with Crippen LogP contribution in [0.15, 0.2) is 122 Å². The Morgan fingerprint density at radius 1 is 0.394 bits per heavy atom. The van der Waals surface area contributed by atoms with Gasteiger partial charge >= 0.3 is 0 Å². The topological polar surface area (TPSA) is 228 Å². The van der Waals surface area contributed by atoms with Crippen molar-refractivity contribution in [3.05, 3.63) is 122 Å². The van der Waals surface area contributed by atoms with Gasteiger partial charge in [0.05, 0.1) is 32.0 Å². The number of hydrogen-bond donors (Lipinski definition) is 9. The number of unbranched alkanes of at least 4 members (excludes halogenated alkanes) is 30. The fraction of sp³-hybridized carbons (Fsp3) is 0.738. The number of carbonyl (C=O) groups excluding carboxylic acids is 1. The molecule has 540 valence electrons. The molecule has 2 fully saturated rings. The summed E-state index contributed by atoms with van der Waals surface area (Å²) in [5, 5.41) is 87.5. The third kappa shape index (κ3) is 45.8. The summed E-state index contributed by atoms with van der Waals surface area (Å²) in [6.45, 7) is 2.68. The first-order valence-corrected chi connectivity index (χ1v) is 37.8. The van der Waals surface area contributed by atoms with Gasteiger partial charge in [0, 0.05) is 6.42 Å². The minimum Gasteiger partial charge on any atom is -0.394 e. The summed E-state index contributed by atoms with van der Waals surface area (Å²) in [6.07, 6.45) is 75.4. The monoisotopic (exact) mass is 1320 g/mol. The molecule has 0 bridgehead atoms. The van der Waals surface area contributed by atoms with Gasteiger partial charge in [-0.15, -0.1) is 0 Å². The second-order valence-electron chi connectivity index (χ2n) is 26.0. The predicted octanol–water partition coefficient (Wildman–Crippen LogP) is 16.5. The Morgan fingerprint density at radius 2 is 0.745 bits per heavy atom. The average molecular weight is 1320 g/mol. The summed E-state index contributed by atoms with van der Waals surface area (Å²) >= 11 is 0. The molecule has 0 aromatic heterocycles. The minimum absolute atomic E-state index is 0.257. The maximum atomic E-state index is 13.4. The highest BCUT2D eigenvalue weighted by atomic mass is 16.7. The van der Waals surface area contributed by atoms with Gasteiger partial charge in [0.1, 0.15) is 48.8 Å². The van der Waals surface area contributed by atoms with E-state index in [1.165, 1.54) is 154 Å². The highest BCUT2D eigenvalue weighted by Gasteiger charge is 2.51. The molecule has 0 saturated carbocycles. The summed E-state index contributed by atoms with van der Waals surface area (Å²) in [5.41, 5.74) is 0. The molecular weight excluding hydrogens is 1180 g/mol. The second-order valence-corrected chi connectivity index (χ2v) is 26.0. The van der Waals surface area contributed by atoms with Crippen molar-refractivity contribution in [3.63, 3.8) is 0 Å². The highest BCUT2D eigenvalue weighted by Crippen LogP contribution is 2.30. The van der Waals surface area contributed by atoms with Crippen LogP contribution in [-0.4, -0.2) is 140 Å². The zero-order chi connectivity index (χ0) is 68.0. The van der Waals surface area contributed by atoms with E-state index in [0.29, 0.717) is 12.8 Å². The second kappa shape index (κ2) is 62.9. The first kappa shape index (κ1) is 86.5. The zero-order valence-electron chi connectivity index (χ0n) is 58.9. The highest BCUT2D eigenvalue weighted by molar-refractivity contribution is 5.76. The molecular formula is C80H137NO13. The molecule has 2 aliphatic rings. The van der Waals surface area contributed by atoms with Crippen LogP contribution in [0.1, 0.15) is 284 Å². The summed E-state index contributed by atoms with van der Waals surface area (Å²) in [5.74, 6) is -0.257. The van der Waals surface area contributed by atoms with E-state index in [2.05, 4.69) is 129 Å². The Balaban J connectivity index is 1.67. The first-order chi connectivity index (χ1) is 46.1. The average Bonchev–Trinajstić information content (AvgIpc) is 0.794. The molecule has 0 aliphatic carbocycles. The molecule has 2 heterocycles. The van der Waals surface area contributed by atoms with Crippen LogP contribution in [0.5, 0.6) is 0 Å². The van der Waals surface area contributed by atoms with Crippen LogP contribution >= 0.6 is 0 Å². The van der Waals surface area contributed by atoms with Gasteiger partial charge in [0.2, 0.25) is 5.91 Å². The Bertz CT molecular complexity index is 2040. The molecule has 2 saturated heterocycles. The lowest BCUT2D eigenvalue weighted by molar-refractivity contribution is -0.359. The van der Waals surface area contributed by atoms with E-state index in [1.54, 1.807) is 6.08 Å². The van der Waals surface area contributed by atoms with E-state index in [0.717, 1.165) is 96.3 Å². The Hall–Kier alpha value is -3.61. The van der Waals surface area contributed by atoms with Gasteiger partial charge in [-0.25, -0.2) is 0 Å². The molecule has 12 unspecified atom stereocenters. The molecule has 2 rings (SSSR count). The lowest BCUT2D eigenvalue weighted by Gasteiger charge is -2.46. The predicted molar refractivity (Wildman–Crippen MR) is 387 cm³/mol. The SMILES string of the molecule is CC/C=C\C/C=C\C/C=C\C/C=C\C/C=C\C/C=C\C/C=C\CCCCCCCCCCCCCCCC(=O)NC(COC1OC(CO)C(OC2OC(CO)C(O)C(O)C2O)C(O)C1O)C(O)/C=C/CC/C=C/CC/C=C/CCCCCCCCCCCCCCCCC. The third-order valence-electron chi connectivity index (χ3n) is 17.6. The first-order valence-electron chi connectivity index (χ1n) is 37.8. The number of nitrogens with one attached hydrogen (secondary N) is 1. The van der Waals surface area contributed by atoms with E-state index < -0.39 is 86.8 Å². The van der Waals surface area contributed by atoms with Crippen molar-refractivity contribution in [3.8, 4) is 0 Å². The number of carbonyl (C=O) groups is 1. The van der Waals surface area contributed by atoms with Crippen molar-refractivity contribution in [2.45, 2.75) is 357 Å². The standard InChI is InChI=1S/C80H137NO13/c1-3-5-7-9-11-13-15-17-19-21-23-25-27-29-30-31-32-33-34-35-36-37-38-40-42-44-46-48-50-52-54-56-58-60-62-64-72(85)81-68(67-91-79-77(90)75(88)78(71(66-83)93-79)94-80-76(89)74(87)73(86)70(65-82)92-80)69(84)63-61-59-57-55-53-51-49-47-45-43-41-39-28-26-24-22-20-18-16-14-12-10-8-6-4-2/h5,7,11,13,17,19,23,25,29-30,32-33,35-36,45,47,53,55,61,63,68-71,73-80,82-84,86-90H,3-4,6,8-10,12,14-16,18,20-22,24,26-28,31,34,37-44,46,48-52,54,56-60,62,64-67H2,1-2H3,(H,81,85)/b7-5-,13-11-,19-17-,25-23-,30-29-,33-32-,36-35-,47-45+,55-53+,63-61+. The zero-order valence-corrected chi connectivity index (χ0v) is 58.9. The van der Waals surface area contributed by atoms with Gasteiger partial charge in [-0.1, -0.05) is 296 Å². The molecule has 9 N–H and O–H groups in total. The van der Waals surface area contributed by atoms with Crippen LogP contribution in [0.2, 0.25) is 0 Å². The van der Waals surface area contributed by atoms with Crippen LogP contribution in [0.25, 0.3) is 0 Å². The minimum atomic E-state index is -1.80. The summed E-state index contributed by atoms with van der Waals surface area (Å²) in [6, 6.07) is -0.948. The van der Waals surface area contributed by atoms with Crippen molar-refractivity contribution in [1.82, 2.24) is 5.32 Å². The van der Waals surface area contributed by atoms with E-state index >= 15 is 0 Å². The van der Waals surface area contributed by atoms with E-state index in [-0.39, 0.29) is 18.9 Å². The van der Waals surface area contributed by atoms with Crippen LogP contribution in [0.4, 0.5) is 0 Å². The molecule has 0 aromatic carbocycles. The summed E-state index contributed by atoms with van der Waals surface area (Å²) < 4.78 is 22.9. The molecule has 0 aromatic rings. The van der Waals surface area contributed by atoms with Gasteiger partial charge in [0.15, 0.2) is 12.6 Å². The lowest BCUT2D eigenvalue weighted by Crippen LogP contribution is -2.65. The van der Waals surface area contributed by atoms with Crippen molar-refractivity contribution in [2.75, 3.05) is 19.8 Å². The van der Waals surface area contributed by atoms with Gasteiger partial charge in [0.25, 0.3) is 0 Å². The number of amides is 1. The normalized spacial score (nSPS) is 23.2. The molecule has 14 nitrogen and oxygen atoms in total. The van der Waals surface area contributed by atoms with Crippen molar-refractivity contribution < 1.29 is 64.6 Å². The van der Waals surface area contributed by atoms with Crippen molar-refractivity contribution in [2.24, 2.45) is 0 Å². The molecule has 12 atom stereocenters. The van der Waals surface area contributed by atoms with Crippen LogP contribution in [-0.2, 0) is 23.7 Å². The van der Waals surface area contributed by atoms with Gasteiger partial charge in [-0.3, -0.25) is 4.79 Å². The van der Waals surface area contributed by atoms with Crippen molar-refractivity contribution in [1.29, 1.82) is 0 Å².